The smallest absolute Gasteiger partial charge is 0.168 e. The van der Waals surface area contributed by atoms with E-state index >= 15 is 0 Å². The summed E-state index contributed by atoms with van der Waals surface area (Å²) in [7, 11) is 0. The molecule has 0 aliphatic carbocycles. The van der Waals surface area contributed by atoms with Crippen molar-refractivity contribution in [1.29, 1.82) is 0 Å². The number of aliphatic hydroxyl groups excluding tert-OH is 1. The number of rotatable bonds is 4. The fourth-order valence-electron chi connectivity index (χ4n) is 1.90. The number of nitrogens with zero attached hydrogens (tertiary/aromatic N) is 5. The Labute approximate surface area is 115 Å². The van der Waals surface area contributed by atoms with Crippen LogP contribution in [-0.4, -0.2) is 42.5 Å². The number of fused-ring (bicyclic) bond motifs is 1. The molecule has 1 atom stereocenters. The van der Waals surface area contributed by atoms with Gasteiger partial charge in [0, 0.05) is 18.9 Å². The molecule has 3 aromatic heterocycles. The first-order valence-corrected chi connectivity index (χ1v) is 6.27. The van der Waals surface area contributed by atoms with Crippen molar-refractivity contribution >= 4 is 16.9 Å². The minimum Gasteiger partial charge on any atom is -0.392 e. The van der Waals surface area contributed by atoms with Crippen molar-refractivity contribution in [3.63, 3.8) is 0 Å². The number of nitrogens with one attached hydrogen (secondary N) is 1. The first-order valence-electron chi connectivity index (χ1n) is 6.27. The molecule has 0 amide bonds. The third-order valence-corrected chi connectivity index (χ3v) is 2.84. The van der Waals surface area contributed by atoms with Gasteiger partial charge in [0.05, 0.1) is 23.4 Å². The van der Waals surface area contributed by atoms with E-state index in [1.165, 1.54) is 6.33 Å². The van der Waals surface area contributed by atoms with Crippen molar-refractivity contribution in [2.45, 2.75) is 13.0 Å². The average molecular weight is 270 g/mol. The van der Waals surface area contributed by atoms with E-state index < -0.39 is 6.10 Å². The lowest BCUT2D eigenvalue weighted by Crippen LogP contribution is -2.16. The second kappa shape index (κ2) is 5.22. The van der Waals surface area contributed by atoms with Gasteiger partial charge >= 0.3 is 0 Å². The normalized spacial score (nSPS) is 12.5. The first kappa shape index (κ1) is 12.5. The maximum absolute atomic E-state index is 9.34. The van der Waals surface area contributed by atoms with Gasteiger partial charge in [-0.2, -0.15) is 5.10 Å². The third-order valence-electron chi connectivity index (χ3n) is 2.84. The second-order valence-corrected chi connectivity index (χ2v) is 4.45. The molecule has 0 fully saturated rings. The van der Waals surface area contributed by atoms with Crippen LogP contribution in [-0.2, 0) is 0 Å². The lowest BCUT2D eigenvalue weighted by molar-refractivity contribution is 0.208. The molecule has 3 heterocycles. The summed E-state index contributed by atoms with van der Waals surface area (Å²) in [4.78, 5) is 12.4. The standard InChI is InChI=1S/C13H14N6O/c1-9(20)6-15-12-11-7-18-19(13(11)17-8-16-12)10-2-4-14-5-3-10/h2-5,7-9,20H,6H2,1H3,(H,15,16,17). The van der Waals surface area contributed by atoms with Crippen LogP contribution in [0.2, 0.25) is 0 Å². The molecule has 3 aromatic rings. The Morgan fingerprint density at radius 2 is 2.10 bits per heavy atom. The van der Waals surface area contributed by atoms with Gasteiger partial charge in [0.2, 0.25) is 0 Å². The number of anilines is 1. The minimum atomic E-state index is -0.449. The molecule has 7 heteroatoms. The average Bonchev–Trinajstić information content (AvgIpc) is 2.90. The highest BCUT2D eigenvalue weighted by molar-refractivity contribution is 5.87. The molecular weight excluding hydrogens is 256 g/mol. The Hall–Kier alpha value is -2.54. The monoisotopic (exact) mass is 270 g/mol. The first-order chi connectivity index (χ1) is 9.75. The Bertz CT molecular complexity index is 709. The predicted molar refractivity (Wildman–Crippen MR) is 74.6 cm³/mol. The zero-order valence-electron chi connectivity index (χ0n) is 10.9. The van der Waals surface area contributed by atoms with Gasteiger partial charge in [-0.25, -0.2) is 14.6 Å². The highest BCUT2D eigenvalue weighted by Gasteiger charge is 2.11. The zero-order valence-corrected chi connectivity index (χ0v) is 10.9. The Morgan fingerprint density at radius 1 is 1.30 bits per heavy atom. The Kier molecular flexibility index (Phi) is 3.26. The molecule has 102 valence electrons. The molecule has 0 spiro atoms. The number of pyridine rings is 1. The highest BCUT2D eigenvalue weighted by atomic mass is 16.3. The van der Waals surface area contributed by atoms with E-state index in [1.54, 1.807) is 30.2 Å². The van der Waals surface area contributed by atoms with E-state index in [9.17, 15) is 5.11 Å². The number of aromatic nitrogens is 5. The molecule has 0 aliphatic heterocycles. The Morgan fingerprint density at radius 3 is 2.85 bits per heavy atom. The fraction of sp³-hybridized carbons (Fsp3) is 0.231. The van der Waals surface area contributed by atoms with Crippen LogP contribution in [0.25, 0.3) is 16.7 Å². The van der Waals surface area contributed by atoms with Gasteiger partial charge in [0.15, 0.2) is 5.65 Å². The summed E-state index contributed by atoms with van der Waals surface area (Å²) < 4.78 is 1.73. The summed E-state index contributed by atoms with van der Waals surface area (Å²) in [6, 6.07) is 3.72. The van der Waals surface area contributed by atoms with E-state index in [0.717, 1.165) is 11.1 Å². The van der Waals surface area contributed by atoms with Gasteiger partial charge < -0.3 is 10.4 Å². The molecular formula is C13H14N6O. The maximum atomic E-state index is 9.34. The maximum Gasteiger partial charge on any atom is 0.168 e. The minimum absolute atomic E-state index is 0.423. The van der Waals surface area contributed by atoms with Gasteiger partial charge in [-0.1, -0.05) is 0 Å². The van der Waals surface area contributed by atoms with Crippen LogP contribution in [0.1, 0.15) is 6.92 Å². The predicted octanol–water partition coefficient (Wildman–Crippen LogP) is 1.00. The summed E-state index contributed by atoms with van der Waals surface area (Å²) in [5.41, 5.74) is 1.59. The topological polar surface area (TPSA) is 88.8 Å². The van der Waals surface area contributed by atoms with Gasteiger partial charge in [-0.3, -0.25) is 4.98 Å². The molecule has 7 nitrogen and oxygen atoms in total. The van der Waals surface area contributed by atoms with Crippen LogP contribution in [0, 0.1) is 0 Å². The Balaban J connectivity index is 2.03. The van der Waals surface area contributed by atoms with Crippen LogP contribution < -0.4 is 5.32 Å². The van der Waals surface area contributed by atoms with Crippen LogP contribution in [0.5, 0.6) is 0 Å². The van der Waals surface area contributed by atoms with Crippen molar-refractivity contribution < 1.29 is 5.11 Å². The molecule has 0 aromatic carbocycles. The van der Waals surface area contributed by atoms with E-state index in [0.29, 0.717) is 18.0 Å². The molecule has 0 bridgehead atoms. The summed E-state index contributed by atoms with van der Waals surface area (Å²) in [6.45, 7) is 2.14. The lowest BCUT2D eigenvalue weighted by atomic mass is 10.3. The highest BCUT2D eigenvalue weighted by Crippen LogP contribution is 2.21. The van der Waals surface area contributed by atoms with Gasteiger partial charge in [0.1, 0.15) is 12.1 Å². The summed E-state index contributed by atoms with van der Waals surface area (Å²) in [5, 5.41) is 17.6. The molecule has 0 radical (unpaired) electrons. The molecule has 2 N–H and O–H groups in total. The van der Waals surface area contributed by atoms with Crippen LogP contribution in [0.3, 0.4) is 0 Å². The van der Waals surface area contributed by atoms with E-state index in [2.05, 4.69) is 25.4 Å². The summed E-state index contributed by atoms with van der Waals surface area (Å²) in [5.74, 6) is 0.663. The van der Waals surface area contributed by atoms with Gasteiger partial charge in [0.25, 0.3) is 0 Å². The second-order valence-electron chi connectivity index (χ2n) is 4.45. The van der Waals surface area contributed by atoms with E-state index in [-0.39, 0.29) is 0 Å². The lowest BCUT2D eigenvalue weighted by Gasteiger charge is -2.08. The van der Waals surface area contributed by atoms with Crippen LogP contribution in [0.15, 0.2) is 37.1 Å². The SMILES string of the molecule is CC(O)CNc1ncnc2c1cnn2-c1ccncc1. The van der Waals surface area contributed by atoms with Crippen LogP contribution in [0.4, 0.5) is 5.82 Å². The molecule has 1 unspecified atom stereocenters. The van der Waals surface area contributed by atoms with Gasteiger partial charge in [-0.15, -0.1) is 0 Å². The largest absolute Gasteiger partial charge is 0.392 e. The fourth-order valence-corrected chi connectivity index (χ4v) is 1.90. The number of aliphatic hydroxyl groups is 1. The molecule has 0 aliphatic rings. The summed E-state index contributed by atoms with van der Waals surface area (Å²) in [6.07, 6.45) is 6.15. The molecule has 0 saturated carbocycles. The molecule has 0 saturated heterocycles. The van der Waals surface area contributed by atoms with Crippen molar-refractivity contribution in [2.24, 2.45) is 0 Å². The molecule has 20 heavy (non-hydrogen) atoms. The zero-order chi connectivity index (χ0) is 13.9. The third kappa shape index (κ3) is 2.30. The quantitative estimate of drug-likeness (QED) is 0.735. The number of hydrogen-bond acceptors (Lipinski definition) is 6. The summed E-state index contributed by atoms with van der Waals surface area (Å²) >= 11 is 0. The van der Waals surface area contributed by atoms with Crippen molar-refractivity contribution in [3.8, 4) is 5.69 Å². The van der Waals surface area contributed by atoms with Crippen molar-refractivity contribution in [3.05, 3.63) is 37.1 Å². The molecule has 3 rings (SSSR count). The van der Waals surface area contributed by atoms with Gasteiger partial charge in [-0.05, 0) is 19.1 Å². The van der Waals surface area contributed by atoms with E-state index in [4.69, 9.17) is 0 Å². The van der Waals surface area contributed by atoms with Crippen LogP contribution >= 0.6 is 0 Å². The van der Waals surface area contributed by atoms with Crippen molar-refractivity contribution in [2.75, 3.05) is 11.9 Å². The number of hydrogen-bond donors (Lipinski definition) is 2. The van der Waals surface area contributed by atoms with E-state index in [1.807, 2.05) is 12.1 Å². The van der Waals surface area contributed by atoms with Crippen molar-refractivity contribution in [1.82, 2.24) is 24.7 Å².